The Morgan fingerprint density at radius 3 is 2.44 bits per heavy atom. The number of amides is 3. The average molecular weight is 487 g/mol. The van der Waals surface area contributed by atoms with Gasteiger partial charge in [-0.3, -0.25) is 19.3 Å². The molecule has 2 aliphatic rings. The van der Waals surface area contributed by atoms with Crippen LogP contribution in [0, 0.1) is 13.8 Å². The SMILES string of the molecule is COCCCN1C(=O)c2ccc(C(=O)N3CCN(c4cc(C)c5cccc(C)c5n4)CC3)cc2C1=O. The van der Waals surface area contributed by atoms with Crippen LogP contribution in [-0.4, -0.2) is 78.9 Å². The van der Waals surface area contributed by atoms with Crippen LogP contribution >= 0.6 is 0 Å². The number of hydrogen-bond donors (Lipinski definition) is 0. The maximum absolute atomic E-state index is 13.3. The second-order valence-electron chi connectivity index (χ2n) is 9.42. The van der Waals surface area contributed by atoms with Gasteiger partial charge in [-0.2, -0.15) is 0 Å². The molecule has 3 aromatic rings. The minimum Gasteiger partial charge on any atom is -0.385 e. The van der Waals surface area contributed by atoms with Crippen LogP contribution in [0.5, 0.6) is 0 Å². The van der Waals surface area contributed by atoms with Gasteiger partial charge >= 0.3 is 0 Å². The Morgan fingerprint density at radius 1 is 0.944 bits per heavy atom. The zero-order valence-corrected chi connectivity index (χ0v) is 20.9. The highest BCUT2D eigenvalue weighted by Crippen LogP contribution is 2.27. The molecular weight excluding hydrogens is 456 g/mol. The third-order valence-electron chi connectivity index (χ3n) is 7.07. The molecule has 0 spiro atoms. The normalized spacial score (nSPS) is 15.7. The molecule has 0 N–H and O–H groups in total. The van der Waals surface area contributed by atoms with E-state index in [9.17, 15) is 14.4 Å². The third-order valence-corrected chi connectivity index (χ3v) is 7.07. The second kappa shape index (κ2) is 9.70. The molecule has 8 heteroatoms. The number of carbonyl (C=O) groups excluding carboxylic acids is 3. The molecule has 0 bridgehead atoms. The lowest BCUT2D eigenvalue weighted by Gasteiger charge is -2.35. The first-order valence-electron chi connectivity index (χ1n) is 12.3. The summed E-state index contributed by atoms with van der Waals surface area (Å²) < 4.78 is 5.03. The van der Waals surface area contributed by atoms with Gasteiger partial charge < -0.3 is 14.5 Å². The molecule has 2 aromatic carbocycles. The van der Waals surface area contributed by atoms with Crippen molar-refractivity contribution in [3.63, 3.8) is 0 Å². The minimum absolute atomic E-state index is 0.131. The molecule has 8 nitrogen and oxygen atoms in total. The molecule has 186 valence electrons. The second-order valence-corrected chi connectivity index (χ2v) is 9.42. The molecule has 5 rings (SSSR count). The van der Waals surface area contributed by atoms with Crippen LogP contribution in [0.1, 0.15) is 48.6 Å². The fourth-order valence-corrected chi connectivity index (χ4v) is 5.02. The number of carbonyl (C=O) groups is 3. The van der Waals surface area contributed by atoms with E-state index in [1.165, 1.54) is 10.5 Å². The molecular formula is C28H30N4O4. The van der Waals surface area contributed by atoms with Crippen LogP contribution in [0.2, 0.25) is 0 Å². The summed E-state index contributed by atoms with van der Waals surface area (Å²) in [4.78, 5) is 48.9. The van der Waals surface area contributed by atoms with Crippen molar-refractivity contribution >= 4 is 34.4 Å². The Bertz CT molecular complexity index is 1360. The molecule has 1 aromatic heterocycles. The summed E-state index contributed by atoms with van der Waals surface area (Å²) in [7, 11) is 1.58. The lowest BCUT2D eigenvalue weighted by Crippen LogP contribution is -2.49. The van der Waals surface area contributed by atoms with Crippen molar-refractivity contribution < 1.29 is 19.1 Å². The molecule has 0 saturated carbocycles. The van der Waals surface area contributed by atoms with E-state index in [1.807, 2.05) is 0 Å². The van der Waals surface area contributed by atoms with Gasteiger partial charge in [0.25, 0.3) is 17.7 Å². The number of rotatable bonds is 6. The smallest absolute Gasteiger partial charge is 0.261 e. The first kappa shape index (κ1) is 23.9. The van der Waals surface area contributed by atoms with Crippen LogP contribution in [0.15, 0.2) is 42.5 Å². The van der Waals surface area contributed by atoms with Crippen LogP contribution in [0.25, 0.3) is 10.9 Å². The van der Waals surface area contributed by atoms with Crippen molar-refractivity contribution in [3.8, 4) is 0 Å². The summed E-state index contributed by atoms with van der Waals surface area (Å²) >= 11 is 0. The summed E-state index contributed by atoms with van der Waals surface area (Å²) in [5, 5.41) is 1.16. The highest BCUT2D eigenvalue weighted by Gasteiger charge is 2.36. The van der Waals surface area contributed by atoms with Gasteiger partial charge in [0.15, 0.2) is 0 Å². The van der Waals surface area contributed by atoms with Gasteiger partial charge in [0.1, 0.15) is 5.82 Å². The first-order chi connectivity index (χ1) is 17.4. The van der Waals surface area contributed by atoms with E-state index in [0.29, 0.717) is 62.4 Å². The lowest BCUT2D eigenvalue weighted by molar-refractivity contribution is 0.0638. The fourth-order valence-electron chi connectivity index (χ4n) is 5.02. The molecule has 3 heterocycles. The van der Waals surface area contributed by atoms with E-state index < -0.39 is 0 Å². The summed E-state index contributed by atoms with van der Waals surface area (Å²) in [5.74, 6) is 0.136. The number of nitrogens with zero attached hydrogens (tertiary/aromatic N) is 4. The molecule has 3 amide bonds. The standard InChI is InChI=1S/C28H30N4O4/c1-18-6-4-7-21-19(2)16-24(29-25(18)21)30-11-13-31(14-12-30)26(33)20-8-9-22-23(17-20)28(35)32(27(22)34)10-5-15-36-3/h4,6-9,16-17H,5,10-15H2,1-3H3. The molecule has 36 heavy (non-hydrogen) atoms. The summed E-state index contributed by atoms with van der Waals surface area (Å²) in [6.45, 7) is 7.39. The van der Waals surface area contributed by atoms with E-state index in [0.717, 1.165) is 22.3 Å². The van der Waals surface area contributed by atoms with Gasteiger partial charge in [-0.1, -0.05) is 18.2 Å². The van der Waals surface area contributed by atoms with E-state index >= 15 is 0 Å². The Balaban J connectivity index is 1.28. The number of piperazine rings is 1. The maximum atomic E-state index is 13.3. The van der Waals surface area contributed by atoms with E-state index in [-0.39, 0.29) is 17.7 Å². The van der Waals surface area contributed by atoms with E-state index in [2.05, 4.69) is 43.0 Å². The van der Waals surface area contributed by atoms with Crippen molar-refractivity contribution in [1.29, 1.82) is 0 Å². The van der Waals surface area contributed by atoms with Crippen LogP contribution in [-0.2, 0) is 4.74 Å². The highest BCUT2D eigenvalue weighted by molar-refractivity contribution is 6.22. The number of anilines is 1. The van der Waals surface area contributed by atoms with Gasteiger partial charge in [0, 0.05) is 57.4 Å². The number of aryl methyl sites for hydroxylation is 2. The maximum Gasteiger partial charge on any atom is 0.261 e. The highest BCUT2D eigenvalue weighted by atomic mass is 16.5. The first-order valence-corrected chi connectivity index (χ1v) is 12.3. The zero-order chi connectivity index (χ0) is 25.4. The Hall–Kier alpha value is -3.78. The van der Waals surface area contributed by atoms with Crippen molar-refractivity contribution in [1.82, 2.24) is 14.8 Å². The largest absolute Gasteiger partial charge is 0.385 e. The Labute approximate surface area is 210 Å². The van der Waals surface area contributed by atoms with Gasteiger partial charge in [-0.05, 0) is 55.7 Å². The Morgan fingerprint density at radius 2 is 1.69 bits per heavy atom. The van der Waals surface area contributed by atoms with Crippen molar-refractivity contribution in [2.75, 3.05) is 51.3 Å². The number of benzene rings is 2. The number of fused-ring (bicyclic) bond motifs is 2. The predicted molar refractivity (Wildman–Crippen MR) is 138 cm³/mol. The summed E-state index contributed by atoms with van der Waals surface area (Å²) in [5.41, 5.74) is 4.43. The average Bonchev–Trinajstić information content (AvgIpc) is 3.13. The number of aromatic nitrogens is 1. The minimum atomic E-state index is -0.349. The quantitative estimate of drug-likeness (QED) is 0.392. The van der Waals surface area contributed by atoms with Crippen molar-refractivity contribution in [3.05, 3.63) is 70.3 Å². The van der Waals surface area contributed by atoms with Gasteiger partial charge in [0.2, 0.25) is 0 Å². The molecule has 0 atom stereocenters. The van der Waals surface area contributed by atoms with E-state index in [1.54, 1.807) is 30.2 Å². The fraction of sp³-hybridized carbons (Fsp3) is 0.357. The molecule has 1 saturated heterocycles. The van der Waals surface area contributed by atoms with Crippen LogP contribution in [0.4, 0.5) is 5.82 Å². The lowest BCUT2D eigenvalue weighted by atomic mass is 10.0. The Kier molecular flexibility index (Phi) is 6.45. The third kappa shape index (κ3) is 4.22. The van der Waals surface area contributed by atoms with Gasteiger partial charge in [-0.15, -0.1) is 0 Å². The molecule has 0 aliphatic carbocycles. The van der Waals surface area contributed by atoms with Crippen molar-refractivity contribution in [2.45, 2.75) is 20.3 Å². The monoisotopic (exact) mass is 486 g/mol. The molecule has 2 aliphatic heterocycles. The molecule has 0 unspecified atom stereocenters. The van der Waals surface area contributed by atoms with Crippen LogP contribution < -0.4 is 4.90 Å². The van der Waals surface area contributed by atoms with E-state index in [4.69, 9.17) is 9.72 Å². The zero-order valence-electron chi connectivity index (χ0n) is 20.9. The summed E-state index contributed by atoms with van der Waals surface area (Å²) in [6, 6.07) is 13.1. The van der Waals surface area contributed by atoms with Crippen LogP contribution in [0.3, 0.4) is 0 Å². The number of hydrogen-bond acceptors (Lipinski definition) is 6. The number of imide groups is 1. The molecule has 1 fully saturated rings. The number of pyridine rings is 1. The predicted octanol–water partition coefficient (Wildman–Crippen LogP) is 3.45. The number of para-hydroxylation sites is 1. The number of ether oxygens (including phenoxy) is 1. The number of methoxy groups -OCH3 is 1. The molecule has 0 radical (unpaired) electrons. The van der Waals surface area contributed by atoms with Crippen molar-refractivity contribution in [2.24, 2.45) is 0 Å². The summed E-state index contributed by atoms with van der Waals surface area (Å²) in [6.07, 6.45) is 0.573. The van der Waals surface area contributed by atoms with Gasteiger partial charge in [-0.25, -0.2) is 4.98 Å². The van der Waals surface area contributed by atoms with Gasteiger partial charge in [0.05, 0.1) is 16.6 Å². The topological polar surface area (TPSA) is 83.1 Å².